The zero-order valence-corrected chi connectivity index (χ0v) is 14.5. The summed E-state index contributed by atoms with van der Waals surface area (Å²) in [5, 5.41) is 5.69. The average molecular weight is 340 g/mol. The van der Waals surface area contributed by atoms with E-state index in [-0.39, 0.29) is 6.03 Å². The second-order valence-electron chi connectivity index (χ2n) is 6.11. The van der Waals surface area contributed by atoms with Crippen LogP contribution in [0.3, 0.4) is 0 Å². The maximum Gasteiger partial charge on any atom is 0.319 e. The number of nitrogens with zero attached hydrogens (tertiary/aromatic N) is 2. The Kier molecular flexibility index (Phi) is 5.72. The van der Waals surface area contributed by atoms with Gasteiger partial charge in [-0.3, -0.25) is 0 Å². The van der Waals surface area contributed by atoms with Crippen LogP contribution in [0.5, 0.6) is 5.75 Å². The molecule has 0 atom stereocenters. The molecule has 2 amide bonds. The van der Waals surface area contributed by atoms with E-state index in [9.17, 15) is 4.79 Å². The van der Waals surface area contributed by atoms with E-state index >= 15 is 0 Å². The first-order chi connectivity index (χ1) is 12.2. The van der Waals surface area contributed by atoms with E-state index in [1.165, 1.54) is 19.3 Å². The lowest BCUT2D eigenvalue weighted by atomic mass is 10.1. The number of piperidine rings is 1. The molecule has 1 aliphatic heterocycles. The fraction of sp³-hybridized carbons (Fsp3) is 0.368. The van der Waals surface area contributed by atoms with Crippen molar-refractivity contribution in [3.8, 4) is 5.75 Å². The number of hydrogen-bond acceptors (Lipinski definition) is 4. The highest BCUT2D eigenvalue weighted by Crippen LogP contribution is 2.18. The van der Waals surface area contributed by atoms with Crippen molar-refractivity contribution in [1.82, 2.24) is 10.3 Å². The van der Waals surface area contributed by atoms with Gasteiger partial charge in [0.2, 0.25) is 0 Å². The Bertz CT molecular complexity index is 697. The van der Waals surface area contributed by atoms with Crippen LogP contribution in [0.25, 0.3) is 0 Å². The number of anilines is 2. The number of aromatic nitrogens is 1. The predicted molar refractivity (Wildman–Crippen MR) is 99.2 cm³/mol. The number of amides is 2. The van der Waals surface area contributed by atoms with Gasteiger partial charge in [0, 0.05) is 31.5 Å². The highest BCUT2D eigenvalue weighted by atomic mass is 16.5. The molecule has 1 aromatic heterocycles. The highest BCUT2D eigenvalue weighted by molar-refractivity contribution is 5.89. The van der Waals surface area contributed by atoms with Gasteiger partial charge in [0.25, 0.3) is 0 Å². The number of hydrogen-bond donors (Lipinski definition) is 2. The summed E-state index contributed by atoms with van der Waals surface area (Å²) in [4.78, 5) is 18.8. The van der Waals surface area contributed by atoms with Crippen LogP contribution in [-0.2, 0) is 6.54 Å². The minimum atomic E-state index is -0.235. The van der Waals surface area contributed by atoms with E-state index < -0.39 is 0 Å². The van der Waals surface area contributed by atoms with Gasteiger partial charge in [-0.1, -0.05) is 0 Å². The quantitative estimate of drug-likeness (QED) is 0.875. The molecule has 0 bridgehead atoms. The van der Waals surface area contributed by atoms with Crippen LogP contribution < -0.4 is 20.3 Å². The molecular weight excluding hydrogens is 316 g/mol. The Balaban J connectivity index is 1.52. The molecule has 0 radical (unpaired) electrons. The molecule has 3 rings (SSSR count). The molecular formula is C19H24N4O2. The van der Waals surface area contributed by atoms with Crippen molar-refractivity contribution in [2.75, 3.05) is 30.4 Å². The third-order valence-corrected chi connectivity index (χ3v) is 4.29. The van der Waals surface area contributed by atoms with Crippen LogP contribution in [-0.4, -0.2) is 31.2 Å². The molecule has 2 aromatic rings. The first kappa shape index (κ1) is 17.1. The van der Waals surface area contributed by atoms with E-state index in [1.54, 1.807) is 19.2 Å². The lowest BCUT2D eigenvalue weighted by molar-refractivity contribution is 0.251. The molecule has 25 heavy (non-hydrogen) atoms. The minimum Gasteiger partial charge on any atom is -0.497 e. The summed E-state index contributed by atoms with van der Waals surface area (Å²) >= 11 is 0. The Hall–Kier alpha value is -2.76. The molecule has 6 nitrogen and oxygen atoms in total. The van der Waals surface area contributed by atoms with Gasteiger partial charge in [0.15, 0.2) is 0 Å². The minimum absolute atomic E-state index is 0.235. The molecule has 1 saturated heterocycles. The summed E-state index contributed by atoms with van der Waals surface area (Å²) in [5.74, 6) is 1.75. The highest BCUT2D eigenvalue weighted by Gasteiger charge is 2.12. The van der Waals surface area contributed by atoms with Crippen LogP contribution in [0.2, 0.25) is 0 Å². The number of urea groups is 1. The molecule has 1 aliphatic rings. The Morgan fingerprint density at radius 3 is 2.64 bits per heavy atom. The molecule has 0 unspecified atom stereocenters. The van der Waals surface area contributed by atoms with Crippen molar-refractivity contribution in [1.29, 1.82) is 0 Å². The number of ether oxygens (including phenoxy) is 1. The fourth-order valence-electron chi connectivity index (χ4n) is 2.90. The predicted octanol–water partition coefficient (Wildman–Crippen LogP) is 3.40. The smallest absolute Gasteiger partial charge is 0.319 e. The van der Waals surface area contributed by atoms with E-state index in [0.29, 0.717) is 6.54 Å². The van der Waals surface area contributed by atoms with Gasteiger partial charge < -0.3 is 20.3 Å². The molecule has 0 spiro atoms. The number of nitrogens with one attached hydrogen (secondary N) is 2. The number of methoxy groups -OCH3 is 1. The monoisotopic (exact) mass is 340 g/mol. The number of pyridine rings is 1. The van der Waals surface area contributed by atoms with Crippen molar-refractivity contribution in [3.63, 3.8) is 0 Å². The normalized spacial score (nSPS) is 14.0. The van der Waals surface area contributed by atoms with Crippen LogP contribution in [0.1, 0.15) is 24.8 Å². The van der Waals surface area contributed by atoms with E-state index in [4.69, 9.17) is 4.74 Å². The molecule has 0 saturated carbocycles. The van der Waals surface area contributed by atoms with E-state index in [0.717, 1.165) is 35.9 Å². The van der Waals surface area contributed by atoms with Crippen molar-refractivity contribution < 1.29 is 9.53 Å². The number of rotatable bonds is 5. The number of carbonyl (C=O) groups excluding carboxylic acids is 1. The lowest BCUT2D eigenvalue weighted by Gasteiger charge is -2.27. The maximum atomic E-state index is 12.0. The van der Waals surface area contributed by atoms with Crippen LogP contribution in [0.4, 0.5) is 16.3 Å². The molecule has 2 heterocycles. The summed E-state index contributed by atoms with van der Waals surface area (Å²) in [6.07, 6.45) is 5.54. The maximum absolute atomic E-state index is 12.0. The second-order valence-corrected chi connectivity index (χ2v) is 6.11. The Morgan fingerprint density at radius 2 is 1.92 bits per heavy atom. The molecule has 1 fully saturated rings. The third-order valence-electron chi connectivity index (χ3n) is 4.29. The summed E-state index contributed by atoms with van der Waals surface area (Å²) in [6.45, 7) is 2.58. The van der Waals surface area contributed by atoms with Crippen molar-refractivity contribution in [3.05, 3.63) is 48.2 Å². The van der Waals surface area contributed by atoms with Crippen molar-refractivity contribution >= 4 is 17.5 Å². The largest absolute Gasteiger partial charge is 0.497 e. The molecule has 1 aromatic carbocycles. The van der Waals surface area contributed by atoms with Gasteiger partial charge in [-0.15, -0.1) is 0 Å². The lowest BCUT2D eigenvalue weighted by Crippen LogP contribution is -2.31. The Labute approximate surface area is 148 Å². The molecule has 6 heteroatoms. The summed E-state index contributed by atoms with van der Waals surface area (Å²) in [6, 6.07) is 11.0. The third kappa shape index (κ3) is 4.86. The second kappa shape index (κ2) is 8.37. The van der Waals surface area contributed by atoms with Gasteiger partial charge >= 0.3 is 6.03 Å². The van der Waals surface area contributed by atoms with Gasteiger partial charge in [0.1, 0.15) is 11.6 Å². The number of benzene rings is 1. The van der Waals surface area contributed by atoms with Crippen LogP contribution >= 0.6 is 0 Å². The van der Waals surface area contributed by atoms with E-state index in [2.05, 4.69) is 26.6 Å². The standard InChI is InChI=1S/C19H24N4O2/c1-25-17-7-5-16(6-8-17)22-19(24)21-14-15-9-10-20-18(13-15)23-11-3-2-4-12-23/h5-10,13H,2-4,11-12,14H2,1H3,(H2,21,22,24). The molecule has 132 valence electrons. The topological polar surface area (TPSA) is 66.5 Å². The van der Waals surface area contributed by atoms with Gasteiger partial charge in [-0.2, -0.15) is 0 Å². The van der Waals surface area contributed by atoms with E-state index in [1.807, 2.05) is 24.4 Å². The first-order valence-corrected chi connectivity index (χ1v) is 8.63. The van der Waals surface area contributed by atoms with Crippen molar-refractivity contribution in [2.24, 2.45) is 0 Å². The summed E-state index contributed by atoms with van der Waals surface area (Å²) in [7, 11) is 1.61. The SMILES string of the molecule is COc1ccc(NC(=O)NCc2ccnc(N3CCCCC3)c2)cc1. The molecule has 0 aliphatic carbocycles. The van der Waals surface area contributed by atoms with Gasteiger partial charge in [0.05, 0.1) is 7.11 Å². The zero-order valence-electron chi connectivity index (χ0n) is 14.5. The van der Waals surface area contributed by atoms with Crippen LogP contribution in [0.15, 0.2) is 42.6 Å². The van der Waals surface area contributed by atoms with Crippen LogP contribution in [0, 0.1) is 0 Å². The van der Waals surface area contributed by atoms with Gasteiger partial charge in [-0.25, -0.2) is 9.78 Å². The van der Waals surface area contributed by atoms with Gasteiger partial charge in [-0.05, 0) is 61.2 Å². The Morgan fingerprint density at radius 1 is 1.16 bits per heavy atom. The molecule has 2 N–H and O–H groups in total. The summed E-state index contributed by atoms with van der Waals surface area (Å²) < 4.78 is 5.10. The average Bonchev–Trinajstić information content (AvgIpc) is 2.68. The zero-order chi connectivity index (χ0) is 17.5. The number of carbonyl (C=O) groups is 1. The van der Waals surface area contributed by atoms with Crippen molar-refractivity contribution in [2.45, 2.75) is 25.8 Å². The fourth-order valence-corrected chi connectivity index (χ4v) is 2.90. The first-order valence-electron chi connectivity index (χ1n) is 8.63. The summed E-state index contributed by atoms with van der Waals surface area (Å²) in [5.41, 5.74) is 1.77.